The zero-order chi connectivity index (χ0) is 20.3. The Morgan fingerprint density at radius 1 is 0.800 bits per heavy atom. The van der Waals surface area contributed by atoms with E-state index in [-0.39, 0.29) is 5.91 Å². The van der Waals surface area contributed by atoms with Gasteiger partial charge in [0.2, 0.25) is 0 Å². The molecule has 1 amide bonds. The van der Waals surface area contributed by atoms with Gasteiger partial charge in [0.15, 0.2) is 5.13 Å². The van der Waals surface area contributed by atoms with Gasteiger partial charge in [0, 0.05) is 31.7 Å². The topological polar surface area (TPSA) is 36.4 Å². The largest absolute Gasteiger partial charge is 0.345 e. The smallest absolute Gasteiger partial charge is 0.253 e. The molecule has 1 aromatic heterocycles. The molecule has 4 nitrogen and oxygen atoms in total. The fourth-order valence-corrected chi connectivity index (χ4v) is 4.89. The Kier molecular flexibility index (Phi) is 5.20. The summed E-state index contributed by atoms with van der Waals surface area (Å²) in [5, 5.41) is 1.05. The highest BCUT2D eigenvalue weighted by atomic mass is 32.1. The lowest BCUT2D eigenvalue weighted by Gasteiger charge is -2.34. The minimum atomic E-state index is 0.116. The lowest BCUT2D eigenvalue weighted by Crippen LogP contribution is -2.48. The van der Waals surface area contributed by atoms with Crippen LogP contribution in [0, 0.1) is 0 Å². The predicted molar refractivity (Wildman–Crippen MR) is 123 cm³/mol. The number of hydrogen-bond acceptors (Lipinski definition) is 4. The van der Waals surface area contributed by atoms with Crippen molar-refractivity contribution < 1.29 is 4.79 Å². The molecule has 1 saturated heterocycles. The maximum atomic E-state index is 12.9. The zero-order valence-corrected chi connectivity index (χ0v) is 17.5. The molecule has 1 aliphatic rings. The molecular weight excluding hydrogens is 390 g/mol. The van der Waals surface area contributed by atoms with Gasteiger partial charge in [0.05, 0.1) is 10.2 Å². The van der Waals surface area contributed by atoms with Crippen LogP contribution in [-0.4, -0.2) is 42.0 Å². The second-order valence-corrected chi connectivity index (χ2v) is 8.61. The summed E-state index contributed by atoms with van der Waals surface area (Å²) in [4.78, 5) is 21.9. The summed E-state index contributed by atoms with van der Waals surface area (Å²) >= 11 is 1.72. The fraction of sp³-hybridized carbons (Fsp3) is 0.200. The minimum absolute atomic E-state index is 0.116. The number of thiazole rings is 1. The number of benzene rings is 3. The number of carbonyl (C=O) groups excluding carboxylic acids is 1. The summed E-state index contributed by atoms with van der Waals surface area (Å²) in [6, 6.07) is 26.7. The van der Waals surface area contributed by atoms with Gasteiger partial charge < -0.3 is 9.80 Å². The number of carbonyl (C=O) groups is 1. The van der Waals surface area contributed by atoms with Crippen molar-refractivity contribution in [2.45, 2.75) is 6.42 Å². The van der Waals surface area contributed by atoms with E-state index in [2.05, 4.69) is 53.4 Å². The molecule has 0 radical (unpaired) electrons. The van der Waals surface area contributed by atoms with Crippen molar-refractivity contribution in [1.29, 1.82) is 0 Å². The lowest BCUT2D eigenvalue weighted by molar-refractivity contribution is 0.0747. The summed E-state index contributed by atoms with van der Waals surface area (Å²) in [5.74, 6) is 0.116. The Balaban J connectivity index is 1.21. The Morgan fingerprint density at radius 2 is 1.47 bits per heavy atom. The minimum Gasteiger partial charge on any atom is -0.345 e. The maximum Gasteiger partial charge on any atom is 0.253 e. The average molecular weight is 414 g/mol. The molecule has 0 N–H and O–H groups in total. The van der Waals surface area contributed by atoms with E-state index in [1.807, 2.05) is 35.2 Å². The van der Waals surface area contributed by atoms with Crippen molar-refractivity contribution >= 4 is 32.6 Å². The molecule has 1 fully saturated rings. The number of para-hydroxylation sites is 1. The number of amides is 1. The molecule has 0 aliphatic carbocycles. The number of hydrogen-bond donors (Lipinski definition) is 0. The van der Waals surface area contributed by atoms with E-state index < -0.39 is 0 Å². The molecule has 30 heavy (non-hydrogen) atoms. The van der Waals surface area contributed by atoms with E-state index in [4.69, 9.17) is 4.98 Å². The van der Waals surface area contributed by atoms with Crippen LogP contribution in [-0.2, 0) is 6.42 Å². The van der Waals surface area contributed by atoms with E-state index >= 15 is 0 Å². The summed E-state index contributed by atoms with van der Waals surface area (Å²) in [7, 11) is 0. The van der Waals surface area contributed by atoms with Crippen LogP contribution in [0.4, 0.5) is 5.13 Å². The lowest BCUT2D eigenvalue weighted by atomic mass is 10.0. The third-order valence-electron chi connectivity index (χ3n) is 5.57. The number of aromatic nitrogens is 1. The van der Waals surface area contributed by atoms with Crippen LogP contribution in [0.1, 0.15) is 21.5 Å². The van der Waals surface area contributed by atoms with Crippen LogP contribution in [0.5, 0.6) is 0 Å². The molecule has 0 spiro atoms. The van der Waals surface area contributed by atoms with Crippen LogP contribution in [0.15, 0.2) is 78.9 Å². The van der Waals surface area contributed by atoms with Crippen molar-refractivity contribution in [3.8, 4) is 0 Å². The number of anilines is 1. The van der Waals surface area contributed by atoms with E-state index in [1.165, 1.54) is 15.8 Å². The van der Waals surface area contributed by atoms with Crippen molar-refractivity contribution in [2.24, 2.45) is 0 Å². The van der Waals surface area contributed by atoms with Crippen LogP contribution < -0.4 is 4.90 Å². The molecule has 5 rings (SSSR count). The maximum absolute atomic E-state index is 12.9. The second kappa shape index (κ2) is 8.28. The summed E-state index contributed by atoms with van der Waals surface area (Å²) < 4.78 is 1.21. The standard InChI is InChI=1S/C25H23N3OS/c29-24(21-12-10-20(11-13-21)18-19-6-2-1-3-7-19)27-14-16-28(17-15-27)25-26-22-8-4-5-9-23(22)30-25/h1-13H,14-18H2. The van der Waals surface area contributed by atoms with Gasteiger partial charge >= 0.3 is 0 Å². The number of nitrogens with zero attached hydrogens (tertiary/aromatic N) is 3. The van der Waals surface area contributed by atoms with Gasteiger partial charge in [-0.1, -0.05) is 65.9 Å². The SMILES string of the molecule is O=C(c1ccc(Cc2ccccc2)cc1)N1CCN(c2nc3ccccc3s2)CC1. The zero-order valence-electron chi connectivity index (χ0n) is 16.7. The molecule has 1 aliphatic heterocycles. The highest BCUT2D eigenvalue weighted by Crippen LogP contribution is 2.29. The highest BCUT2D eigenvalue weighted by molar-refractivity contribution is 7.22. The van der Waals surface area contributed by atoms with Crippen molar-refractivity contribution in [3.63, 3.8) is 0 Å². The Bertz CT molecular complexity index is 1110. The van der Waals surface area contributed by atoms with Crippen LogP contribution in [0.2, 0.25) is 0 Å². The van der Waals surface area contributed by atoms with E-state index in [0.29, 0.717) is 0 Å². The molecule has 3 aromatic carbocycles. The normalized spacial score (nSPS) is 14.3. The Labute approximate surface area is 180 Å². The summed E-state index contributed by atoms with van der Waals surface area (Å²) in [6.07, 6.45) is 0.885. The van der Waals surface area contributed by atoms with Gasteiger partial charge in [-0.3, -0.25) is 4.79 Å². The number of fused-ring (bicyclic) bond motifs is 1. The summed E-state index contributed by atoms with van der Waals surface area (Å²) in [6.45, 7) is 3.08. The first-order valence-electron chi connectivity index (χ1n) is 10.3. The predicted octanol–water partition coefficient (Wildman–Crippen LogP) is 4.85. The Hall–Kier alpha value is -3.18. The van der Waals surface area contributed by atoms with Gasteiger partial charge in [0.25, 0.3) is 5.91 Å². The van der Waals surface area contributed by atoms with E-state index in [0.717, 1.165) is 48.8 Å². The van der Waals surface area contributed by atoms with Crippen LogP contribution >= 0.6 is 11.3 Å². The fourth-order valence-electron chi connectivity index (χ4n) is 3.88. The quantitative estimate of drug-likeness (QED) is 0.480. The third kappa shape index (κ3) is 3.94. The molecule has 0 bridgehead atoms. The van der Waals surface area contributed by atoms with Crippen LogP contribution in [0.3, 0.4) is 0 Å². The molecule has 0 saturated carbocycles. The molecule has 0 atom stereocenters. The Morgan fingerprint density at radius 3 is 2.20 bits per heavy atom. The van der Waals surface area contributed by atoms with E-state index in [9.17, 15) is 4.79 Å². The van der Waals surface area contributed by atoms with Gasteiger partial charge in [0.1, 0.15) is 0 Å². The second-order valence-electron chi connectivity index (χ2n) is 7.60. The number of rotatable bonds is 4. The molecule has 5 heteroatoms. The van der Waals surface area contributed by atoms with Gasteiger partial charge in [-0.15, -0.1) is 0 Å². The summed E-state index contributed by atoms with van der Waals surface area (Å²) in [5.41, 5.74) is 4.31. The van der Waals surface area contributed by atoms with E-state index in [1.54, 1.807) is 11.3 Å². The van der Waals surface area contributed by atoms with Crippen LogP contribution in [0.25, 0.3) is 10.2 Å². The number of piperazine rings is 1. The average Bonchev–Trinajstić information content (AvgIpc) is 3.24. The molecule has 0 unspecified atom stereocenters. The highest BCUT2D eigenvalue weighted by Gasteiger charge is 2.23. The van der Waals surface area contributed by atoms with Gasteiger partial charge in [-0.05, 0) is 41.8 Å². The monoisotopic (exact) mass is 413 g/mol. The molecular formula is C25H23N3OS. The van der Waals surface area contributed by atoms with Crippen molar-refractivity contribution in [2.75, 3.05) is 31.1 Å². The first-order chi connectivity index (χ1) is 14.8. The van der Waals surface area contributed by atoms with Crippen molar-refractivity contribution in [3.05, 3.63) is 95.6 Å². The third-order valence-corrected chi connectivity index (χ3v) is 6.67. The first-order valence-corrected chi connectivity index (χ1v) is 11.1. The first kappa shape index (κ1) is 18.8. The van der Waals surface area contributed by atoms with Crippen molar-refractivity contribution in [1.82, 2.24) is 9.88 Å². The van der Waals surface area contributed by atoms with Gasteiger partial charge in [-0.25, -0.2) is 4.98 Å². The van der Waals surface area contributed by atoms with Gasteiger partial charge in [-0.2, -0.15) is 0 Å². The molecule has 4 aromatic rings. The molecule has 150 valence electrons. The molecule has 2 heterocycles.